The van der Waals surface area contributed by atoms with E-state index in [1.165, 1.54) is 19.3 Å². The lowest BCUT2D eigenvalue weighted by molar-refractivity contribution is -0.138. The monoisotopic (exact) mass is 284 g/mol. The summed E-state index contributed by atoms with van der Waals surface area (Å²) in [7, 11) is 0. The first-order chi connectivity index (χ1) is 9.69. The zero-order valence-corrected chi connectivity index (χ0v) is 12.6. The van der Waals surface area contributed by atoms with Crippen LogP contribution < -0.4 is 0 Å². The summed E-state index contributed by atoms with van der Waals surface area (Å²) in [5.41, 5.74) is 0. The molecule has 0 saturated carbocycles. The van der Waals surface area contributed by atoms with Crippen molar-refractivity contribution < 1.29 is 14.6 Å². The molecule has 0 spiro atoms. The highest BCUT2D eigenvalue weighted by atomic mass is 16.5. The van der Waals surface area contributed by atoms with Gasteiger partial charge in [0.15, 0.2) is 0 Å². The van der Waals surface area contributed by atoms with Crippen LogP contribution in [0.2, 0.25) is 0 Å². The van der Waals surface area contributed by atoms with Crippen LogP contribution in [-0.2, 0) is 9.53 Å². The van der Waals surface area contributed by atoms with Gasteiger partial charge in [0.2, 0.25) is 5.91 Å². The van der Waals surface area contributed by atoms with Crippen molar-refractivity contribution in [2.45, 2.75) is 51.2 Å². The fourth-order valence-corrected chi connectivity index (χ4v) is 3.16. The standard InChI is InChI=1S/C15H28N2O3/c1-13-9-16(10-14(12-18)20-13)11-15(19)17-7-5-3-2-4-6-8-17/h13-14,18H,2-12H2,1H3. The van der Waals surface area contributed by atoms with E-state index in [9.17, 15) is 9.90 Å². The lowest BCUT2D eigenvalue weighted by atomic mass is 10.1. The van der Waals surface area contributed by atoms with Crippen LogP contribution in [0.3, 0.4) is 0 Å². The van der Waals surface area contributed by atoms with Crippen molar-refractivity contribution in [3.8, 4) is 0 Å². The molecule has 0 aromatic carbocycles. The van der Waals surface area contributed by atoms with Crippen LogP contribution in [0.4, 0.5) is 0 Å². The summed E-state index contributed by atoms with van der Waals surface area (Å²) >= 11 is 0. The first-order valence-corrected chi connectivity index (χ1v) is 7.95. The molecule has 0 aliphatic carbocycles. The predicted octanol–water partition coefficient (Wildman–Crippen LogP) is 0.861. The number of nitrogens with zero attached hydrogens (tertiary/aromatic N) is 2. The van der Waals surface area contributed by atoms with Crippen LogP contribution in [0.5, 0.6) is 0 Å². The van der Waals surface area contributed by atoms with E-state index in [1.54, 1.807) is 0 Å². The fourth-order valence-electron chi connectivity index (χ4n) is 3.16. The van der Waals surface area contributed by atoms with E-state index in [2.05, 4.69) is 4.90 Å². The van der Waals surface area contributed by atoms with Gasteiger partial charge in [-0.25, -0.2) is 0 Å². The van der Waals surface area contributed by atoms with Gasteiger partial charge in [-0.2, -0.15) is 0 Å². The van der Waals surface area contributed by atoms with Crippen LogP contribution in [-0.4, -0.2) is 72.4 Å². The average Bonchev–Trinajstić information content (AvgIpc) is 2.37. The Hall–Kier alpha value is -0.650. The van der Waals surface area contributed by atoms with Gasteiger partial charge in [0, 0.05) is 26.2 Å². The number of carbonyl (C=O) groups excluding carboxylic acids is 1. The number of rotatable bonds is 3. The van der Waals surface area contributed by atoms with Gasteiger partial charge in [0.25, 0.3) is 0 Å². The second-order valence-electron chi connectivity index (χ2n) is 6.09. The largest absolute Gasteiger partial charge is 0.394 e. The summed E-state index contributed by atoms with van der Waals surface area (Å²) in [5, 5.41) is 9.23. The number of likely N-dealkylation sites (tertiary alicyclic amines) is 1. The molecule has 2 saturated heterocycles. The maximum absolute atomic E-state index is 12.4. The van der Waals surface area contributed by atoms with Crippen molar-refractivity contribution >= 4 is 5.91 Å². The Kier molecular flexibility index (Phi) is 6.26. The third-order valence-corrected chi connectivity index (χ3v) is 4.17. The lowest BCUT2D eigenvalue weighted by Gasteiger charge is -2.36. The van der Waals surface area contributed by atoms with Crippen molar-refractivity contribution in [2.75, 3.05) is 39.3 Å². The van der Waals surface area contributed by atoms with Gasteiger partial charge in [0.05, 0.1) is 25.4 Å². The zero-order chi connectivity index (χ0) is 14.4. The SMILES string of the molecule is CC1CN(CC(=O)N2CCCCCCC2)CC(CO)O1. The van der Waals surface area contributed by atoms with Gasteiger partial charge >= 0.3 is 0 Å². The Morgan fingerprint density at radius 1 is 1.15 bits per heavy atom. The molecule has 5 nitrogen and oxygen atoms in total. The molecule has 0 radical (unpaired) electrons. The number of aliphatic hydroxyl groups excluding tert-OH is 1. The number of amides is 1. The van der Waals surface area contributed by atoms with E-state index >= 15 is 0 Å². The molecule has 0 aromatic rings. The van der Waals surface area contributed by atoms with E-state index in [4.69, 9.17) is 4.74 Å². The second-order valence-corrected chi connectivity index (χ2v) is 6.09. The van der Waals surface area contributed by atoms with Crippen molar-refractivity contribution in [1.82, 2.24) is 9.80 Å². The quantitative estimate of drug-likeness (QED) is 0.835. The van der Waals surface area contributed by atoms with Crippen LogP contribution in [0.25, 0.3) is 0 Å². The molecule has 1 N–H and O–H groups in total. The number of hydrogen-bond acceptors (Lipinski definition) is 4. The predicted molar refractivity (Wildman–Crippen MR) is 77.5 cm³/mol. The van der Waals surface area contributed by atoms with Gasteiger partial charge in [-0.3, -0.25) is 9.69 Å². The maximum Gasteiger partial charge on any atom is 0.236 e. The molecule has 20 heavy (non-hydrogen) atoms. The highest BCUT2D eigenvalue weighted by molar-refractivity contribution is 5.78. The summed E-state index contributed by atoms with van der Waals surface area (Å²) in [6.45, 7) is 5.72. The van der Waals surface area contributed by atoms with Crippen LogP contribution in [0, 0.1) is 0 Å². The Morgan fingerprint density at radius 3 is 2.45 bits per heavy atom. The van der Waals surface area contributed by atoms with E-state index in [-0.39, 0.29) is 24.7 Å². The molecule has 1 amide bonds. The summed E-state index contributed by atoms with van der Waals surface area (Å²) in [4.78, 5) is 16.6. The van der Waals surface area contributed by atoms with Crippen molar-refractivity contribution in [2.24, 2.45) is 0 Å². The fraction of sp³-hybridized carbons (Fsp3) is 0.933. The molecule has 0 bridgehead atoms. The van der Waals surface area contributed by atoms with Crippen molar-refractivity contribution in [3.05, 3.63) is 0 Å². The number of ether oxygens (including phenoxy) is 1. The Balaban J connectivity index is 1.82. The van der Waals surface area contributed by atoms with E-state index < -0.39 is 0 Å². The minimum Gasteiger partial charge on any atom is -0.394 e. The highest BCUT2D eigenvalue weighted by Crippen LogP contribution is 2.13. The lowest BCUT2D eigenvalue weighted by Crippen LogP contribution is -2.51. The Bertz CT molecular complexity index is 303. The van der Waals surface area contributed by atoms with Crippen molar-refractivity contribution in [3.63, 3.8) is 0 Å². The van der Waals surface area contributed by atoms with Gasteiger partial charge in [-0.15, -0.1) is 0 Å². The minimum absolute atomic E-state index is 0.0265. The van der Waals surface area contributed by atoms with E-state index in [0.717, 1.165) is 32.5 Å². The summed E-state index contributed by atoms with van der Waals surface area (Å²) < 4.78 is 5.61. The van der Waals surface area contributed by atoms with Crippen molar-refractivity contribution in [1.29, 1.82) is 0 Å². The molecule has 2 aliphatic heterocycles. The molecule has 2 aliphatic rings. The average molecular weight is 284 g/mol. The van der Waals surface area contributed by atoms with Gasteiger partial charge in [-0.1, -0.05) is 19.3 Å². The summed E-state index contributed by atoms with van der Waals surface area (Å²) in [5.74, 6) is 0.234. The molecule has 2 fully saturated rings. The maximum atomic E-state index is 12.4. The molecule has 5 heteroatoms. The number of aliphatic hydroxyl groups is 1. The molecule has 116 valence electrons. The smallest absolute Gasteiger partial charge is 0.236 e. The zero-order valence-electron chi connectivity index (χ0n) is 12.6. The summed E-state index contributed by atoms with van der Waals surface area (Å²) in [6, 6.07) is 0. The van der Waals surface area contributed by atoms with Crippen LogP contribution in [0.15, 0.2) is 0 Å². The van der Waals surface area contributed by atoms with Gasteiger partial charge in [-0.05, 0) is 19.8 Å². The first-order valence-electron chi connectivity index (χ1n) is 7.95. The molecule has 2 atom stereocenters. The summed E-state index contributed by atoms with van der Waals surface area (Å²) in [6.07, 6.45) is 5.98. The van der Waals surface area contributed by atoms with E-state index in [1.807, 2.05) is 11.8 Å². The number of morpholine rings is 1. The van der Waals surface area contributed by atoms with Crippen LogP contribution >= 0.6 is 0 Å². The third-order valence-electron chi connectivity index (χ3n) is 4.17. The Morgan fingerprint density at radius 2 is 1.80 bits per heavy atom. The third kappa shape index (κ3) is 4.72. The molecular formula is C15H28N2O3. The first kappa shape index (κ1) is 15.7. The number of hydrogen-bond donors (Lipinski definition) is 1. The molecular weight excluding hydrogens is 256 g/mol. The Labute approximate surface area is 121 Å². The van der Waals surface area contributed by atoms with E-state index in [0.29, 0.717) is 13.1 Å². The second kappa shape index (κ2) is 7.96. The molecule has 2 rings (SSSR count). The molecule has 2 heterocycles. The normalized spacial score (nSPS) is 29.8. The number of carbonyl (C=O) groups is 1. The van der Waals surface area contributed by atoms with Gasteiger partial charge in [0.1, 0.15) is 0 Å². The minimum atomic E-state index is -0.154. The highest BCUT2D eigenvalue weighted by Gasteiger charge is 2.27. The molecule has 2 unspecified atom stereocenters. The molecule has 0 aromatic heterocycles. The van der Waals surface area contributed by atoms with Gasteiger partial charge < -0.3 is 14.7 Å². The topological polar surface area (TPSA) is 53.0 Å². The van der Waals surface area contributed by atoms with Crippen LogP contribution in [0.1, 0.15) is 39.0 Å².